The number of Topliss-reactive ketones (excluding diaryl/α,β-unsaturated/α-hetero) is 1. The van der Waals surface area contributed by atoms with E-state index >= 15 is 0 Å². The summed E-state index contributed by atoms with van der Waals surface area (Å²) in [4.78, 5) is 50.7. The largest absolute Gasteiger partial charge is 0.507 e. The molecule has 0 radical (unpaired) electrons. The molecule has 3 aliphatic heterocycles. The summed E-state index contributed by atoms with van der Waals surface area (Å²) in [5, 5.41) is 70.5. The van der Waals surface area contributed by atoms with Crippen LogP contribution >= 0.6 is 67.5 Å². The molecule has 9 atom stereocenters. The lowest BCUT2D eigenvalue weighted by atomic mass is 9.78. The van der Waals surface area contributed by atoms with Gasteiger partial charge in [-0.05, 0) is 19.9 Å². The van der Waals surface area contributed by atoms with E-state index in [-0.39, 0.29) is 101 Å². The van der Waals surface area contributed by atoms with Gasteiger partial charge >= 0.3 is 11.8 Å². The van der Waals surface area contributed by atoms with Crippen molar-refractivity contribution in [2.45, 2.75) is 92.0 Å². The molecule has 0 saturated heterocycles. The van der Waals surface area contributed by atoms with Crippen molar-refractivity contribution < 1.29 is 63.8 Å². The zero-order valence-electron chi connectivity index (χ0n) is 34.8. The Hall–Kier alpha value is -3.44. The molecule has 60 heavy (non-hydrogen) atoms. The summed E-state index contributed by atoms with van der Waals surface area (Å²) in [7, 11) is 1.40. The van der Waals surface area contributed by atoms with Gasteiger partial charge in [-0.2, -0.15) is 67.5 Å². The second-order valence-corrected chi connectivity index (χ2v) is 14.5. The van der Waals surface area contributed by atoms with Crippen LogP contribution in [0.3, 0.4) is 0 Å². The van der Waals surface area contributed by atoms with Crippen LogP contribution in [0.4, 0.5) is 5.69 Å². The Balaban J connectivity index is 0. The molecule has 0 aromatic heterocycles. The Kier molecular flexibility index (Phi) is 23.2. The van der Waals surface area contributed by atoms with Crippen LogP contribution in [0.15, 0.2) is 36.1 Å². The van der Waals surface area contributed by atoms with Gasteiger partial charge in [0.2, 0.25) is 6.54 Å². The second-order valence-electron chi connectivity index (χ2n) is 14.5. The normalized spacial score (nSPS) is 28.6. The van der Waals surface area contributed by atoms with E-state index in [1.165, 1.54) is 53.0 Å². The molecular formula is C39H60N2O14S5. The van der Waals surface area contributed by atoms with Gasteiger partial charge in [0.1, 0.15) is 23.4 Å². The Bertz CT molecular complexity index is 1980. The first-order chi connectivity index (χ1) is 25.7. The average Bonchev–Trinajstić information content (AvgIpc) is 3.39. The van der Waals surface area contributed by atoms with Crippen molar-refractivity contribution >= 4 is 102 Å². The number of esters is 1. The molecule has 6 N–H and O–H groups in total. The molecular weight excluding hydrogens is 881 g/mol. The number of amides is 1. The molecule has 3 heterocycles. The van der Waals surface area contributed by atoms with Gasteiger partial charge in [-0.15, -0.1) is 0 Å². The lowest BCUT2D eigenvalue weighted by molar-refractivity contribution is -0.479. The van der Waals surface area contributed by atoms with Gasteiger partial charge in [0.15, 0.2) is 5.75 Å². The van der Waals surface area contributed by atoms with Gasteiger partial charge in [-0.1, -0.05) is 45.9 Å². The fraction of sp³-hybridized carbons (Fsp3) is 0.513. The number of phenols is 3. The van der Waals surface area contributed by atoms with Crippen LogP contribution < -0.4 is 10.1 Å². The number of nitro groups is 1. The molecule has 1 amide bonds. The number of benzene rings is 2. The van der Waals surface area contributed by atoms with Crippen LogP contribution in [-0.2, 0) is 30.2 Å². The van der Waals surface area contributed by atoms with Crippen LogP contribution in [0.25, 0.3) is 10.8 Å². The van der Waals surface area contributed by atoms with Crippen LogP contribution in [0.1, 0.15) is 70.0 Å². The van der Waals surface area contributed by atoms with E-state index in [9.17, 15) is 50.0 Å². The zero-order chi connectivity index (χ0) is 41.3. The number of fused-ring (bicyclic) bond motifs is 14. The van der Waals surface area contributed by atoms with E-state index < -0.39 is 118 Å². The number of carbonyl (C=O) groups excluding carboxylic acids is 3. The summed E-state index contributed by atoms with van der Waals surface area (Å²) < 4.78 is 23.2. The average molecular weight is 941 g/mol. The first-order valence-corrected chi connectivity index (χ1v) is 17.9. The van der Waals surface area contributed by atoms with Crippen LogP contribution in [-0.4, -0.2) is 92.0 Å². The summed E-state index contributed by atoms with van der Waals surface area (Å²) >= 11 is 0. The van der Waals surface area contributed by atoms with Crippen molar-refractivity contribution in [2.24, 2.45) is 23.7 Å². The molecule has 16 nitrogen and oxygen atoms in total. The van der Waals surface area contributed by atoms with Gasteiger partial charge in [0.25, 0.3) is 11.7 Å². The van der Waals surface area contributed by atoms with Crippen molar-refractivity contribution in [3.05, 3.63) is 62.9 Å². The van der Waals surface area contributed by atoms with Crippen molar-refractivity contribution in [1.29, 1.82) is 0 Å². The maximum atomic E-state index is 14.2. The number of ether oxygens (including phenoxy) is 4. The van der Waals surface area contributed by atoms with Gasteiger partial charge in [-0.3, -0.25) is 24.5 Å². The number of aliphatic hydroxyl groups is 2. The number of rotatable bonds is 5. The van der Waals surface area contributed by atoms with Gasteiger partial charge in [-0.25, -0.2) is 0 Å². The lowest BCUT2D eigenvalue weighted by Gasteiger charge is -2.38. The third-order valence-corrected chi connectivity index (χ3v) is 10.6. The number of nitrogens with one attached hydrogen (secondary N) is 1. The number of hydrogen-bond donors (Lipinski definition) is 6. The monoisotopic (exact) mass is 940 g/mol. The minimum absolute atomic E-state index is 0. The number of aliphatic hydroxyl groups excluding tert-OH is 2. The van der Waals surface area contributed by atoms with E-state index in [0.717, 1.165) is 6.26 Å². The molecule has 2 aromatic rings. The predicted molar refractivity (Wildman–Crippen MR) is 251 cm³/mol. The number of methoxy groups -OCH3 is 1. The van der Waals surface area contributed by atoms with Crippen LogP contribution in [0.5, 0.6) is 23.0 Å². The first kappa shape index (κ1) is 58.7. The standard InChI is InChI=1S/C39H50N2O14.5H2S/c1-17-11-10-12-18(2)38(49)40-29-24(13-15-41(50)51)33(46)26-27(34(29)47)32(45)22(6)36-28(26)37(48)39(8,55-36)53-16-14-25(52-9)19(3)35(54-23(7)42)21(5)31(44)20(4)30(17)43;;;;;/h10-12,14,16-17,19-21,25,30-31,35,43-47H,13,15H2,1-9H3,(H,40,49);5*1H2/b11-10+,16-14+,18-12-;;;;;/t17-,19+,20+,21+,25-,30-,31+,35+,39-;;;;;/m0...../s1. The van der Waals surface area contributed by atoms with E-state index in [1.54, 1.807) is 33.8 Å². The minimum atomic E-state index is -2.11. The second kappa shape index (κ2) is 23.7. The van der Waals surface area contributed by atoms with Gasteiger partial charge in [0, 0.05) is 78.1 Å². The molecule has 5 bridgehead atoms. The minimum Gasteiger partial charge on any atom is -0.507 e. The Labute approximate surface area is 384 Å². The fourth-order valence-electron chi connectivity index (χ4n) is 7.23. The molecule has 21 heteroatoms. The molecule has 0 fully saturated rings. The van der Waals surface area contributed by atoms with E-state index in [4.69, 9.17) is 18.9 Å². The van der Waals surface area contributed by atoms with Crippen LogP contribution in [0, 0.1) is 40.7 Å². The smallest absolute Gasteiger partial charge is 0.312 e. The molecule has 5 rings (SSSR count). The molecule has 0 spiro atoms. The van der Waals surface area contributed by atoms with Crippen molar-refractivity contribution in [2.75, 3.05) is 19.0 Å². The SMILES string of the molecule is CO[C@H]1/C=C/O[C@@]2(C)Oc3c(C)c(O)c4c(O)c(c(CC[N+](=O)[O-])c(O)c4c3C2=O)NC(=O)/C(C)=C\C=C\[C@H](C)[C@H](O)[C@@H](C)[C@@H](O)[C@@H](C)[C@H](OC(C)=O)[C@@H]1C.S.S.S.S.S. The number of phenolic OH excluding ortho intramolecular Hbond substituents is 3. The van der Waals surface area contributed by atoms with E-state index in [1.807, 2.05) is 0 Å². The fourth-order valence-corrected chi connectivity index (χ4v) is 7.23. The highest BCUT2D eigenvalue weighted by Gasteiger charge is 2.50. The number of nitrogens with zero attached hydrogens (tertiary/aromatic N) is 1. The summed E-state index contributed by atoms with van der Waals surface area (Å²) in [5.74, 6) is -9.22. The van der Waals surface area contributed by atoms with Crippen molar-refractivity contribution in [1.82, 2.24) is 0 Å². The number of allylic oxidation sites excluding steroid dienone is 2. The molecule has 0 unspecified atom stereocenters. The maximum absolute atomic E-state index is 14.2. The zero-order valence-corrected chi connectivity index (χ0v) is 39.8. The highest BCUT2D eigenvalue weighted by Crippen LogP contribution is 2.55. The number of carbonyl (C=O) groups is 3. The topological polar surface area (TPSA) is 244 Å². The van der Waals surface area contributed by atoms with Crippen LogP contribution in [0.2, 0.25) is 0 Å². The van der Waals surface area contributed by atoms with Gasteiger partial charge in [0.05, 0.1) is 41.2 Å². The third kappa shape index (κ3) is 11.7. The lowest BCUT2D eigenvalue weighted by Crippen LogP contribution is -2.46. The number of anilines is 1. The number of ketones is 1. The highest BCUT2D eigenvalue weighted by molar-refractivity contribution is 7.60. The third-order valence-electron chi connectivity index (χ3n) is 10.6. The van der Waals surface area contributed by atoms with Crippen molar-refractivity contribution in [3.63, 3.8) is 0 Å². The molecule has 0 aliphatic carbocycles. The molecule has 2 aromatic carbocycles. The summed E-state index contributed by atoms with van der Waals surface area (Å²) in [6, 6.07) is 0. The van der Waals surface area contributed by atoms with E-state index in [0.29, 0.717) is 0 Å². The summed E-state index contributed by atoms with van der Waals surface area (Å²) in [5.41, 5.74) is -0.922. The first-order valence-electron chi connectivity index (χ1n) is 17.9. The Morgan fingerprint density at radius 2 is 1.52 bits per heavy atom. The summed E-state index contributed by atoms with van der Waals surface area (Å²) in [6.45, 7) is 11.4. The molecule has 340 valence electrons. The summed E-state index contributed by atoms with van der Waals surface area (Å²) in [6.07, 6.45) is 2.62. The quantitative estimate of drug-likeness (QED) is 0.0748. The molecule has 3 aliphatic rings. The molecule has 0 saturated carbocycles. The van der Waals surface area contributed by atoms with Crippen molar-refractivity contribution in [3.8, 4) is 23.0 Å². The van der Waals surface area contributed by atoms with E-state index in [2.05, 4.69) is 5.32 Å². The van der Waals surface area contributed by atoms with Gasteiger partial charge < -0.3 is 49.8 Å². The highest BCUT2D eigenvalue weighted by atomic mass is 32.1. The number of hydrogen-bond acceptors (Lipinski definition) is 14. The predicted octanol–water partition coefficient (Wildman–Crippen LogP) is 5.14. The maximum Gasteiger partial charge on any atom is 0.312 e. The Morgan fingerprint density at radius 1 is 0.917 bits per heavy atom. The number of aromatic hydroxyl groups is 3. The Morgan fingerprint density at radius 3 is 2.07 bits per heavy atom.